The molecule has 2 fully saturated rings. The van der Waals surface area contributed by atoms with Gasteiger partial charge in [0.15, 0.2) is 0 Å². The van der Waals surface area contributed by atoms with Crippen molar-refractivity contribution < 1.29 is 4.79 Å². The molecule has 0 aromatic rings. The van der Waals surface area contributed by atoms with E-state index in [1.807, 2.05) is 0 Å². The zero-order chi connectivity index (χ0) is 12.3. The van der Waals surface area contributed by atoms with Crippen LogP contribution in [0.4, 0.5) is 0 Å². The van der Waals surface area contributed by atoms with Crippen molar-refractivity contribution in [2.45, 2.75) is 70.4 Å². The maximum absolute atomic E-state index is 12.3. The van der Waals surface area contributed by atoms with Gasteiger partial charge in [0.05, 0.1) is 6.04 Å². The summed E-state index contributed by atoms with van der Waals surface area (Å²) in [5.74, 6) is 0.987. The molecule has 1 saturated heterocycles. The molecule has 1 aliphatic carbocycles. The van der Waals surface area contributed by atoms with Crippen LogP contribution in [0.1, 0.15) is 58.3 Å². The van der Waals surface area contributed by atoms with E-state index in [1.54, 1.807) is 0 Å². The molecule has 1 amide bonds. The molecule has 3 atom stereocenters. The van der Waals surface area contributed by atoms with Crippen molar-refractivity contribution in [2.24, 2.45) is 11.7 Å². The standard InChI is InChI=1S/C14H26N2O/c1-2-3-8-12(15)14(17)16-10-5-7-11-6-4-9-13(11)16/h11-13H,2-10,15H2,1H3. The predicted molar refractivity (Wildman–Crippen MR) is 69.6 cm³/mol. The number of rotatable bonds is 4. The van der Waals surface area contributed by atoms with Gasteiger partial charge < -0.3 is 10.6 Å². The van der Waals surface area contributed by atoms with Crippen molar-refractivity contribution in [2.75, 3.05) is 6.54 Å². The fourth-order valence-corrected chi connectivity index (χ4v) is 3.49. The zero-order valence-corrected chi connectivity index (χ0v) is 11.0. The molecule has 2 N–H and O–H groups in total. The number of amides is 1. The molecule has 3 unspecified atom stereocenters. The van der Waals surface area contributed by atoms with Crippen molar-refractivity contribution in [1.29, 1.82) is 0 Å². The maximum Gasteiger partial charge on any atom is 0.239 e. The number of hydrogen-bond donors (Lipinski definition) is 1. The Morgan fingerprint density at radius 1 is 1.35 bits per heavy atom. The smallest absolute Gasteiger partial charge is 0.239 e. The van der Waals surface area contributed by atoms with Gasteiger partial charge in [0, 0.05) is 12.6 Å². The van der Waals surface area contributed by atoms with Crippen LogP contribution in [0, 0.1) is 5.92 Å². The van der Waals surface area contributed by atoms with E-state index in [-0.39, 0.29) is 11.9 Å². The molecule has 3 nitrogen and oxygen atoms in total. The van der Waals surface area contributed by atoms with Crippen LogP contribution in [0.5, 0.6) is 0 Å². The van der Waals surface area contributed by atoms with Gasteiger partial charge in [0.25, 0.3) is 0 Å². The first-order valence-electron chi connectivity index (χ1n) is 7.30. The highest BCUT2D eigenvalue weighted by Gasteiger charge is 2.38. The minimum atomic E-state index is -0.255. The molecule has 0 aromatic carbocycles. The van der Waals surface area contributed by atoms with E-state index in [2.05, 4.69) is 11.8 Å². The van der Waals surface area contributed by atoms with E-state index in [0.29, 0.717) is 6.04 Å². The van der Waals surface area contributed by atoms with E-state index in [9.17, 15) is 4.79 Å². The van der Waals surface area contributed by atoms with Crippen LogP contribution < -0.4 is 5.73 Å². The Kier molecular flexibility index (Phi) is 4.43. The molecular formula is C14H26N2O. The van der Waals surface area contributed by atoms with E-state index in [1.165, 1.54) is 32.1 Å². The van der Waals surface area contributed by atoms with Gasteiger partial charge in [-0.2, -0.15) is 0 Å². The molecule has 3 heteroatoms. The third-order valence-electron chi connectivity index (χ3n) is 4.46. The summed E-state index contributed by atoms with van der Waals surface area (Å²) in [7, 11) is 0. The van der Waals surface area contributed by atoms with Crippen molar-refractivity contribution in [3.8, 4) is 0 Å². The van der Waals surface area contributed by atoms with Crippen molar-refractivity contribution >= 4 is 5.91 Å². The lowest BCUT2D eigenvalue weighted by atomic mass is 9.91. The van der Waals surface area contributed by atoms with Gasteiger partial charge in [-0.25, -0.2) is 0 Å². The lowest BCUT2D eigenvalue weighted by Gasteiger charge is -2.39. The molecule has 2 rings (SSSR count). The lowest BCUT2D eigenvalue weighted by Crippen LogP contribution is -2.52. The Labute approximate surface area is 105 Å². The Bertz CT molecular complexity index is 267. The average molecular weight is 238 g/mol. The molecule has 0 bridgehead atoms. The molecule has 1 aliphatic heterocycles. The van der Waals surface area contributed by atoms with Crippen LogP contribution >= 0.6 is 0 Å². The predicted octanol–water partition coefficient (Wildman–Crippen LogP) is 2.29. The highest BCUT2D eigenvalue weighted by molar-refractivity contribution is 5.82. The third-order valence-corrected chi connectivity index (χ3v) is 4.46. The number of carbonyl (C=O) groups excluding carboxylic acids is 1. The van der Waals surface area contributed by atoms with Crippen molar-refractivity contribution in [3.63, 3.8) is 0 Å². The molecule has 1 heterocycles. The number of likely N-dealkylation sites (tertiary alicyclic amines) is 1. The van der Waals surface area contributed by atoms with Crippen LogP contribution in [-0.4, -0.2) is 29.4 Å². The van der Waals surface area contributed by atoms with Crippen LogP contribution in [0.25, 0.3) is 0 Å². The van der Waals surface area contributed by atoms with Gasteiger partial charge >= 0.3 is 0 Å². The van der Waals surface area contributed by atoms with Gasteiger partial charge in [-0.15, -0.1) is 0 Å². The summed E-state index contributed by atoms with van der Waals surface area (Å²) in [6.45, 7) is 3.09. The number of nitrogens with zero attached hydrogens (tertiary/aromatic N) is 1. The molecule has 98 valence electrons. The lowest BCUT2D eigenvalue weighted by molar-refractivity contribution is -0.137. The van der Waals surface area contributed by atoms with Gasteiger partial charge in [-0.3, -0.25) is 4.79 Å². The Balaban J connectivity index is 1.93. The largest absolute Gasteiger partial charge is 0.338 e. The molecular weight excluding hydrogens is 212 g/mol. The van der Waals surface area contributed by atoms with Gasteiger partial charge in [0.2, 0.25) is 5.91 Å². The van der Waals surface area contributed by atoms with Crippen LogP contribution in [0.15, 0.2) is 0 Å². The summed E-state index contributed by atoms with van der Waals surface area (Å²) in [6, 6.07) is 0.262. The third kappa shape index (κ3) is 2.82. The fourth-order valence-electron chi connectivity index (χ4n) is 3.49. The number of hydrogen-bond acceptors (Lipinski definition) is 2. The maximum atomic E-state index is 12.3. The molecule has 2 aliphatic rings. The van der Waals surface area contributed by atoms with Gasteiger partial charge in [-0.1, -0.05) is 26.2 Å². The van der Waals surface area contributed by atoms with Crippen molar-refractivity contribution in [1.82, 2.24) is 4.90 Å². The second-order valence-electron chi connectivity index (χ2n) is 5.68. The SMILES string of the molecule is CCCCC(N)C(=O)N1CCCC2CCCC21. The van der Waals surface area contributed by atoms with E-state index in [0.717, 1.165) is 31.7 Å². The Morgan fingerprint density at radius 2 is 2.12 bits per heavy atom. The highest BCUT2D eigenvalue weighted by atomic mass is 16.2. The molecule has 1 saturated carbocycles. The number of piperidine rings is 1. The topological polar surface area (TPSA) is 46.3 Å². The van der Waals surface area contributed by atoms with Gasteiger partial charge in [-0.05, 0) is 38.0 Å². The van der Waals surface area contributed by atoms with Crippen molar-refractivity contribution in [3.05, 3.63) is 0 Å². The molecule has 0 aromatic heterocycles. The second kappa shape index (κ2) is 5.85. The van der Waals surface area contributed by atoms with Gasteiger partial charge in [0.1, 0.15) is 0 Å². The summed E-state index contributed by atoms with van der Waals surface area (Å²) in [4.78, 5) is 14.5. The first kappa shape index (κ1) is 12.9. The normalized spacial score (nSPS) is 30.1. The number of carbonyl (C=O) groups is 1. The Morgan fingerprint density at radius 3 is 2.88 bits per heavy atom. The first-order valence-corrected chi connectivity index (χ1v) is 7.30. The molecule has 0 radical (unpaired) electrons. The number of fused-ring (bicyclic) bond motifs is 1. The van der Waals surface area contributed by atoms with Crippen LogP contribution in [-0.2, 0) is 4.79 Å². The minimum Gasteiger partial charge on any atom is -0.338 e. The Hall–Kier alpha value is -0.570. The monoisotopic (exact) mass is 238 g/mol. The van der Waals surface area contributed by atoms with E-state index in [4.69, 9.17) is 5.73 Å². The van der Waals surface area contributed by atoms with Crippen LogP contribution in [0.2, 0.25) is 0 Å². The van der Waals surface area contributed by atoms with E-state index >= 15 is 0 Å². The minimum absolute atomic E-state index is 0.218. The highest BCUT2D eigenvalue weighted by Crippen LogP contribution is 2.36. The van der Waals surface area contributed by atoms with Crippen LogP contribution in [0.3, 0.4) is 0 Å². The summed E-state index contributed by atoms with van der Waals surface area (Å²) in [5.41, 5.74) is 6.03. The fraction of sp³-hybridized carbons (Fsp3) is 0.929. The quantitative estimate of drug-likeness (QED) is 0.817. The summed E-state index contributed by atoms with van der Waals surface area (Å²) in [6.07, 6.45) is 9.34. The second-order valence-corrected chi connectivity index (χ2v) is 5.68. The summed E-state index contributed by atoms with van der Waals surface area (Å²) < 4.78 is 0. The first-order chi connectivity index (χ1) is 8.24. The average Bonchev–Trinajstić information content (AvgIpc) is 2.82. The summed E-state index contributed by atoms with van der Waals surface area (Å²) in [5, 5.41) is 0. The van der Waals surface area contributed by atoms with E-state index < -0.39 is 0 Å². The molecule has 17 heavy (non-hydrogen) atoms. The number of nitrogens with two attached hydrogens (primary N) is 1. The summed E-state index contributed by atoms with van der Waals surface area (Å²) >= 11 is 0. The zero-order valence-electron chi connectivity index (χ0n) is 11.0. The number of unbranched alkanes of at least 4 members (excludes halogenated alkanes) is 1. The molecule has 0 spiro atoms.